The Hall–Kier alpha value is -2.28. The number of likely N-dealkylation sites (tertiary alicyclic amines) is 1. The lowest BCUT2D eigenvalue weighted by Gasteiger charge is -2.32. The molecule has 0 unspecified atom stereocenters. The van der Waals surface area contributed by atoms with Crippen LogP contribution in [0.25, 0.3) is 0 Å². The maximum Gasteiger partial charge on any atom is 0.273 e. The van der Waals surface area contributed by atoms with E-state index in [1.54, 1.807) is 24.0 Å². The molecule has 7 heteroatoms. The third-order valence-electron chi connectivity index (χ3n) is 4.11. The standard InChI is InChI=1S/C17H19N3O3S/c1-11-10-14(19-23-11)16(21)18-12-6-8-20(9-7-12)17(22)13-4-2-3-5-15(13)24/h2-5,10,12,24H,6-9H2,1H3,(H,18,21). The molecule has 2 aromatic rings. The number of carbonyl (C=O) groups is 2. The highest BCUT2D eigenvalue weighted by Gasteiger charge is 2.26. The van der Waals surface area contributed by atoms with E-state index in [9.17, 15) is 9.59 Å². The Kier molecular flexibility index (Phi) is 4.89. The van der Waals surface area contributed by atoms with Crippen molar-refractivity contribution in [2.24, 2.45) is 0 Å². The first kappa shape index (κ1) is 16.6. The van der Waals surface area contributed by atoms with Gasteiger partial charge < -0.3 is 14.7 Å². The lowest BCUT2D eigenvalue weighted by molar-refractivity contribution is 0.0694. The summed E-state index contributed by atoms with van der Waals surface area (Å²) < 4.78 is 4.91. The molecule has 1 saturated heterocycles. The number of aromatic nitrogens is 1. The lowest BCUT2D eigenvalue weighted by Crippen LogP contribution is -2.46. The molecule has 0 spiro atoms. The van der Waals surface area contributed by atoms with Gasteiger partial charge in [0.2, 0.25) is 0 Å². The summed E-state index contributed by atoms with van der Waals surface area (Å²) in [6.07, 6.45) is 1.42. The fraction of sp³-hybridized carbons (Fsp3) is 0.353. The van der Waals surface area contributed by atoms with Gasteiger partial charge in [-0.25, -0.2) is 0 Å². The van der Waals surface area contributed by atoms with E-state index in [-0.39, 0.29) is 23.6 Å². The second-order valence-corrected chi connectivity index (χ2v) is 6.36. The van der Waals surface area contributed by atoms with Crippen LogP contribution < -0.4 is 5.32 Å². The number of thiol groups is 1. The van der Waals surface area contributed by atoms with Gasteiger partial charge >= 0.3 is 0 Å². The van der Waals surface area contributed by atoms with Crippen LogP contribution in [0.3, 0.4) is 0 Å². The van der Waals surface area contributed by atoms with Gasteiger partial charge in [-0.1, -0.05) is 17.3 Å². The lowest BCUT2D eigenvalue weighted by atomic mass is 10.0. The molecule has 6 nitrogen and oxygen atoms in total. The molecule has 0 saturated carbocycles. The highest BCUT2D eigenvalue weighted by molar-refractivity contribution is 7.80. The number of carbonyl (C=O) groups excluding carboxylic acids is 2. The van der Waals surface area contributed by atoms with Gasteiger partial charge in [0.25, 0.3) is 11.8 Å². The fourth-order valence-corrected chi connectivity index (χ4v) is 3.04. The summed E-state index contributed by atoms with van der Waals surface area (Å²) in [5.74, 6) is 0.348. The van der Waals surface area contributed by atoms with Crippen LogP contribution in [0.4, 0.5) is 0 Å². The summed E-state index contributed by atoms with van der Waals surface area (Å²) in [4.78, 5) is 27.1. The van der Waals surface area contributed by atoms with Gasteiger partial charge in [0, 0.05) is 30.1 Å². The predicted molar refractivity (Wildman–Crippen MR) is 91.3 cm³/mol. The molecule has 1 aliphatic rings. The van der Waals surface area contributed by atoms with E-state index in [0.717, 1.165) is 0 Å². The van der Waals surface area contributed by atoms with E-state index in [1.807, 2.05) is 18.2 Å². The zero-order valence-electron chi connectivity index (χ0n) is 13.4. The topological polar surface area (TPSA) is 75.4 Å². The Bertz CT molecular complexity index is 751. The molecular weight excluding hydrogens is 326 g/mol. The summed E-state index contributed by atoms with van der Waals surface area (Å²) >= 11 is 4.34. The van der Waals surface area contributed by atoms with Crippen molar-refractivity contribution in [3.63, 3.8) is 0 Å². The maximum atomic E-state index is 12.5. The van der Waals surface area contributed by atoms with Crippen LogP contribution >= 0.6 is 12.6 Å². The summed E-state index contributed by atoms with van der Waals surface area (Å²) in [6, 6.07) is 8.92. The quantitative estimate of drug-likeness (QED) is 0.837. The number of aryl methyl sites for hydroxylation is 1. The van der Waals surface area contributed by atoms with Crippen molar-refractivity contribution in [2.75, 3.05) is 13.1 Å². The number of amides is 2. The first-order valence-electron chi connectivity index (χ1n) is 7.86. The Morgan fingerprint density at radius 3 is 2.62 bits per heavy atom. The van der Waals surface area contributed by atoms with Crippen LogP contribution in [-0.2, 0) is 0 Å². The first-order valence-corrected chi connectivity index (χ1v) is 8.31. The van der Waals surface area contributed by atoms with Crippen molar-refractivity contribution >= 4 is 24.4 Å². The molecule has 126 valence electrons. The normalized spacial score (nSPS) is 15.3. The smallest absolute Gasteiger partial charge is 0.273 e. The molecule has 1 fully saturated rings. The van der Waals surface area contributed by atoms with E-state index in [4.69, 9.17) is 4.52 Å². The van der Waals surface area contributed by atoms with Gasteiger partial charge in [-0.15, -0.1) is 12.6 Å². The highest BCUT2D eigenvalue weighted by Crippen LogP contribution is 2.19. The minimum Gasteiger partial charge on any atom is -0.361 e. The number of piperidine rings is 1. The van der Waals surface area contributed by atoms with Crippen molar-refractivity contribution in [1.82, 2.24) is 15.4 Å². The molecular formula is C17H19N3O3S. The SMILES string of the molecule is Cc1cc(C(=O)NC2CCN(C(=O)c3ccccc3S)CC2)no1. The van der Waals surface area contributed by atoms with E-state index >= 15 is 0 Å². The highest BCUT2D eigenvalue weighted by atomic mass is 32.1. The molecule has 1 N–H and O–H groups in total. The van der Waals surface area contributed by atoms with E-state index in [1.165, 1.54) is 0 Å². The van der Waals surface area contributed by atoms with Gasteiger partial charge in [0.1, 0.15) is 5.76 Å². The van der Waals surface area contributed by atoms with Gasteiger partial charge in [-0.3, -0.25) is 9.59 Å². The molecule has 1 aromatic carbocycles. The maximum absolute atomic E-state index is 12.5. The third-order valence-corrected chi connectivity index (χ3v) is 4.50. The molecule has 3 rings (SSSR count). The van der Waals surface area contributed by atoms with Crippen LogP contribution in [0.1, 0.15) is 39.4 Å². The second-order valence-electron chi connectivity index (χ2n) is 5.88. The van der Waals surface area contributed by atoms with E-state index in [0.29, 0.717) is 42.2 Å². The van der Waals surface area contributed by atoms with Crippen molar-refractivity contribution in [2.45, 2.75) is 30.7 Å². The average Bonchev–Trinajstić information content (AvgIpc) is 3.02. The van der Waals surface area contributed by atoms with Crippen LogP contribution in [-0.4, -0.2) is 41.0 Å². The molecule has 1 aliphatic heterocycles. The van der Waals surface area contributed by atoms with Gasteiger partial charge in [-0.05, 0) is 31.9 Å². The van der Waals surface area contributed by atoms with Crippen molar-refractivity contribution in [1.29, 1.82) is 0 Å². The molecule has 0 bridgehead atoms. The molecule has 2 heterocycles. The van der Waals surface area contributed by atoms with E-state index < -0.39 is 0 Å². The molecule has 0 atom stereocenters. The Labute approximate surface area is 145 Å². The summed E-state index contributed by atoms with van der Waals surface area (Å²) in [5, 5.41) is 6.66. The summed E-state index contributed by atoms with van der Waals surface area (Å²) in [7, 11) is 0. The average molecular weight is 345 g/mol. The Balaban J connectivity index is 1.55. The number of benzene rings is 1. The number of nitrogens with one attached hydrogen (secondary N) is 1. The molecule has 1 aromatic heterocycles. The van der Waals surface area contributed by atoms with Crippen LogP contribution in [0, 0.1) is 6.92 Å². The minimum absolute atomic E-state index is 0.0162. The monoisotopic (exact) mass is 345 g/mol. The van der Waals surface area contributed by atoms with Crippen LogP contribution in [0.2, 0.25) is 0 Å². The van der Waals surface area contributed by atoms with Gasteiger partial charge in [0.05, 0.1) is 5.56 Å². The first-order chi connectivity index (χ1) is 11.5. The number of hydrogen-bond donors (Lipinski definition) is 2. The molecule has 24 heavy (non-hydrogen) atoms. The molecule has 2 amide bonds. The Morgan fingerprint density at radius 1 is 1.29 bits per heavy atom. The van der Waals surface area contributed by atoms with E-state index in [2.05, 4.69) is 23.1 Å². The zero-order valence-corrected chi connectivity index (χ0v) is 14.3. The second kappa shape index (κ2) is 7.09. The largest absolute Gasteiger partial charge is 0.361 e. The van der Waals surface area contributed by atoms with Crippen LogP contribution in [0.5, 0.6) is 0 Å². The molecule has 0 aliphatic carbocycles. The number of rotatable bonds is 3. The Morgan fingerprint density at radius 2 is 2.00 bits per heavy atom. The number of nitrogens with zero attached hydrogens (tertiary/aromatic N) is 2. The molecule has 0 radical (unpaired) electrons. The van der Waals surface area contributed by atoms with Gasteiger partial charge in [0.15, 0.2) is 5.69 Å². The van der Waals surface area contributed by atoms with Crippen molar-refractivity contribution < 1.29 is 14.1 Å². The number of hydrogen-bond acceptors (Lipinski definition) is 5. The zero-order chi connectivity index (χ0) is 17.1. The van der Waals surface area contributed by atoms with Gasteiger partial charge in [-0.2, -0.15) is 0 Å². The minimum atomic E-state index is -0.239. The summed E-state index contributed by atoms with van der Waals surface area (Å²) in [5.41, 5.74) is 0.899. The predicted octanol–water partition coefficient (Wildman–Crippen LogP) is 2.31. The van der Waals surface area contributed by atoms with Crippen molar-refractivity contribution in [3.8, 4) is 0 Å². The van der Waals surface area contributed by atoms with Crippen molar-refractivity contribution in [3.05, 3.63) is 47.3 Å². The fourth-order valence-electron chi connectivity index (χ4n) is 2.78. The third kappa shape index (κ3) is 3.62. The summed E-state index contributed by atoms with van der Waals surface area (Å²) in [6.45, 7) is 2.95. The van der Waals surface area contributed by atoms with Crippen LogP contribution in [0.15, 0.2) is 39.8 Å².